The zero-order valence-corrected chi connectivity index (χ0v) is 20.6. The lowest BCUT2D eigenvalue weighted by molar-refractivity contribution is -0.131. The van der Waals surface area contributed by atoms with Crippen LogP contribution in [0.15, 0.2) is 85.1 Å². The van der Waals surface area contributed by atoms with E-state index in [0.29, 0.717) is 19.7 Å². The van der Waals surface area contributed by atoms with E-state index in [4.69, 9.17) is 9.84 Å². The molecule has 3 aromatic carbocycles. The van der Waals surface area contributed by atoms with Crippen LogP contribution in [0.1, 0.15) is 35.6 Å². The van der Waals surface area contributed by atoms with Gasteiger partial charge < -0.3 is 15.2 Å². The molecular formula is C30H31N3O3. The lowest BCUT2D eigenvalue weighted by atomic mass is 9.86. The molecule has 0 fully saturated rings. The maximum Gasteiger partial charge on any atom is 0.328 e. The Kier molecular flexibility index (Phi) is 8.32. The zero-order valence-electron chi connectivity index (χ0n) is 20.6. The fraction of sp³-hybridized carbons (Fsp3) is 0.200. The Balaban J connectivity index is 1.61. The summed E-state index contributed by atoms with van der Waals surface area (Å²) in [6.07, 6.45) is 5.46. The van der Waals surface area contributed by atoms with Gasteiger partial charge in [-0.05, 0) is 71.0 Å². The molecule has 0 spiro atoms. The molecule has 36 heavy (non-hydrogen) atoms. The molecule has 1 heterocycles. The Bertz CT molecular complexity index is 1380. The van der Waals surface area contributed by atoms with Crippen molar-refractivity contribution in [2.45, 2.75) is 20.3 Å². The van der Waals surface area contributed by atoms with Crippen LogP contribution in [0.2, 0.25) is 0 Å². The largest absolute Gasteiger partial charge is 0.492 e. The number of ether oxygens (including phenoxy) is 1. The SMILES string of the molecule is CCC(=C(c1ccc(OCCNCC=CC(=O)O)cc1)c1ccc2[nH]ncc2c1)c1ccccc1C. The van der Waals surface area contributed by atoms with Crippen molar-refractivity contribution >= 4 is 28.0 Å². The van der Waals surface area contributed by atoms with E-state index in [2.05, 4.69) is 84.0 Å². The van der Waals surface area contributed by atoms with E-state index >= 15 is 0 Å². The third-order valence-corrected chi connectivity index (χ3v) is 6.07. The molecule has 6 heteroatoms. The third kappa shape index (κ3) is 6.09. The number of aromatic amines is 1. The fourth-order valence-electron chi connectivity index (χ4n) is 4.33. The van der Waals surface area contributed by atoms with Gasteiger partial charge in [0.05, 0.1) is 11.7 Å². The predicted molar refractivity (Wildman–Crippen MR) is 145 cm³/mol. The van der Waals surface area contributed by atoms with Gasteiger partial charge in [0.2, 0.25) is 0 Å². The molecule has 0 bridgehead atoms. The second-order valence-corrected chi connectivity index (χ2v) is 8.51. The van der Waals surface area contributed by atoms with Crippen molar-refractivity contribution in [3.05, 3.63) is 107 Å². The molecule has 0 aliphatic heterocycles. The Morgan fingerprint density at radius 2 is 1.86 bits per heavy atom. The Hall–Kier alpha value is -4.16. The van der Waals surface area contributed by atoms with Gasteiger partial charge in [0, 0.05) is 24.6 Å². The maximum absolute atomic E-state index is 10.5. The molecule has 184 valence electrons. The lowest BCUT2D eigenvalue weighted by Gasteiger charge is -2.18. The van der Waals surface area contributed by atoms with Crippen LogP contribution < -0.4 is 10.1 Å². The number of hydrogen-bond acceptors (Lipinski definition) is 4. The molecule has 0 atom stereocenters. The van der Waals surface area contributed by atoms with Crippen molar-refractivity contribution in [3.8, 4) is 5.75 Å². The number of hydrogen-bond donors (Lipinski definition) is 3. The van der Waals surface area contributed by atoms with Crippen LogP contribution in [0, 0.1) is 6.92 Å². The number of nitrogens with zero attached hydrogens (tertiary/aromatic N) is 1. The summed E-state index contributed by atoms with van der Waals surface area (Å²) < 4.78 is 5.88. The Morgan fingerprint density at radius 1 is 1.08 bits per heavy atom. The first-order valence-corrected chi connectivity index (χ1v) is 12.1. The lowest BCUT2D eigenvalue weighted by Crippen LogP contribution is -2.21. The van der Waals surface area contributed by atoms with E-state index in [9.17, 15) is 4.79 Å². The average molecular weight is 482 g/mol. The van der Waals surface area contributed by atoms with E-state index in [1.54, 1.807) is 6.08 Å². The van der Waals surface area contributed by atoms with E-state index < -0.39 is 5.97 Å². The van der Waals surface area contributed by atoms with E-state index in [0.717, 1.165) is 40.3 Å². The van der Waals surface area contributed by atoms with Gasteiger partial charge in [-0.15, -0.1) is 0 Å². The highest BCUT2D eigenvalue weighted by molar-refractivity contribution is 6.00. The van der Waals surface area contributed by atoms with Crippen LogP contribution in [-0.2, 0) is 4.79 Å². The topological polar surface area (TPSA) is 87.2 Å². The summed E-state index contributed by atoms with van der Waals surface area (Å²) in [4.78, 5) is 10.5. The van der Waals surface area contributed by atoms with Crippen molar-refractivity contribution in [2.75, 3.05) is 19.7 Å². The summed E-state index contributed by atoms with van der Waals surface area (Å²) >= 11 is 0. The second kappa shape index (κ2) is 12.0. The number of H-pyrrole nitrogens is 1. The molecule has 0 unspecified atom stereocenters. The molecule has 0 amide bonds. The number of nitrogens with one attached hydrogen (secondary N) is 2. The zero-order chi connectivity index (χ0) is 25.3. The highest BCUT2D eigenvalue weighted by Crippen LogP contribution is 2.37. The minimum absolute atomic E-state index is 0.489. The van der Waals surface area contributed by atoms with Gasteiger partial charge in [-0.2, -0.15) is 5.10 Å². The molecule has 6 nitrogen and oxygen atoms in total. The highest BCUT2D eigenvalue weighted by atomic mass is 16.5. The Labute approximate surface area is 211 Å². The molecular weight excluding hydrogens is 450 g/mol. The van der Waals surface area contributed by atoms with Crippen LogP contribution in [0.4, 0.5) is 0 Å². The predicted octanol–water partition coefficient (Wildman–Crippen LogP) is 5.85. The summed E-state index contributed by atoms with van der Waals surface area (Å²) in [5, 5.41) is 20.1. The molecule has 1 aromatic heterocycles. The summed E-state index contributed by atoms with van der Waals surface area (Å²) in [6, 6.07) is 23.2. The first-order valence-electron chi connectivity index (χ1n) is 12.1. The molecule has 0 saturated heterocycles. The first-order chi connectivity index (χ1) is 17.6. The molecule has 0 aliphatic rings. The number of carboxylic acid groups (broad SMARTS) is 1. The number of aliphatic carboxylic acids is 1. The highest BCUT2D eigenvalue weighted by Gasteiger charge is 2.15. The number of rotatable bonds is 11. The minimum atomic E-state index is -0.945. The molecule has 0 saturated carbocycles. The van der Waals surface area contributed by atoms with Crippen LogP contribution in [0.3, 0.4) is 0 Å². The van der Waals surface area contributed by atoms with Gasteiger partial charge in [-0.3, -0.25) is 5.10 Å². The van der Waals surface area contributed by atoms with Gasteiger partial charge in [-0.25, -0.2) is 4.79 Å². The second-order valence-electron chi connectivity index (χ2n) is 8.51. The first kappa shape index (κ1) is 24.9. The molecule has 4 rings (SSSR count). The number of aromatic nitrogens is 2. The van der Waals surface area contributed by atoms with Gasteiger partial charge in [0.1, 0.15) is 12.4 Å². The monoisotopic (exact) mass is 481 g/mol. The van der Waals surface area contributed by atoms with Gasteiger partial charge in [0.15, 0.2) is 0 Å². The van der Waals surface area contributed by atoms with Crippen LogP contribution in [0.5, 0.6) is 5.75 Å². The number of allylic oxidation sites excluding steroid dienone is 1. The summed E-state index contributed by atoms with van der Waals surface area (Å²) in [5.41, 5.74) is 8.30. The molecule has 4 aromatic rings. The van der Waals surface area contributed by atoms with Gasteiger partial charge in [0.25, 0.3) is 0 Å². The van der Waals surface area contributed by atoms with Gasteiger partial charge in [-0.1, -0.05) is 55.5 Å². The third-order valence-electron chi connectivity index (χ3n) is 6.07. The van der Waals surface area contributed by atoms with Crippen LogP contribution >= 0.6 is 0 Å². The Morgan fingerprint density at radius 3 is 2.61 bits per heavy atom. The standard InChI is InChI=1S/C30H31N3O3/c1-3-26(27-8-5-4-7-21(27)2)30(23-12-15-28-24(19-23)20-32-33-28)22-10-13-25(14-11-22)36-18-17-31-16-6-9-29(34)35/h4-15,19-20,31H,3,16-18H2,1-2H3,(H,32,33)(H,34,35). The number of aryl methyl sites for hydroxylation is 1. The summed E-state index contributed by atoms with van der Waals surface area (Å²) in [6.45, 7) is 5.96. The average Bonchev–Trinajstić information content (AvgIpc) is 3.36. The minimum Gasteiger partial charge on any atom is -0.492 e. The fourth-order valence-corrected chi connectivity index (χ4v) is 4.33. The van der Waals surface area contributed by atoms with E-state index in [1.807, 2.05) is 18.3 Å². The summed E-state index contributed by atoms with van der Waals surface area (Å²) in [7, 11) is 0. The number of benzene rings is 3. The molecule has 0 radical (unpaired) electrons. The summed E-state index contributed by atoms with van der Waals surface area (Å²) in [5.74, 6) is -0.153. The number of carboxylic acids is 1. The van der Waals surface area contributed by atoms with Crippen molar-refractivity contribution in [3.63, 3.8) is 0 Å². The van der Waals surface area contributed by atoms with Crippen molar-refractivity contribution in [1.82, 2.24) is 15.5 Å². The van der Waals surface area contributed by atoms with Crippen molar-refractivity contribution in [1.29, 1.82) is 0 Å². The normalized spacial score (nSPS) is 12.2. The van der Waals surface area contributed by atoms with E-state index in [1.165, 1.54) is 22.3 Å². The molecule has 3 N–H and O–H groups in total. The van der Waals surface area contributed by atoms with Crippen molar-refractivity contribution < 1.29 is 14.6 Å². The smallest absolute Gasteiger partial charge is 0.328 e. The number of carbonyl (C=O) groups is 1. The molecule has 0 aliphatic carbocycles. The van der Waals surface area contributed by atoms with Gasteiger partial charge >= 0.3 is 5.97 Å². The van der Waals surface area contributed by atoms with E-state index in [-0.39, 0.29) is 0 Å². The number of fused-ring (bicyclic) bond motifs is 1. The van der Waals surface area contributed by atoms with Crippen LogP contribution in [-0.4, -0.2) is 41.0 Å². The maximum atomic E-state index is 10.5. The quantitative estimate of drug-likeness (QED) is 0.142. The van der Waals surface area contributed by atoms with Crippen LogP contribution in [0.25, 0.3) is 22.0 Å². The van der Waals surface area contributed by atoms with Crippen molar-refractivity contribution in [2.24, 2.45) is 0 Å².